The van der Waals surface area contributed by atoms with E-state index in [0.717, 1.165) is 4.90 Å². The van der Waals surface area contributed by atoms with Gasteiger partial charge in [0, 0.05) is 13.5 Å². The lowest BCUT2D eigenvalue weighted by Gasteiger charge is -2.20. The zero-order valence-corrected chi connectivity index (χ0v) is 11.3. The number of carbonyl (C=O) groups is 2. The van der Waals surface area contributed by atoms with Gasteiger partial charge in [-0.1, -0.05) is 18.2 Å². The van der Waals surface area contributed by atoms with Crippen LogP contribution < -0.4 is 10.5 Å². The number of nitrogens with zero attached hydrogens (tertiary/aromatic N) is 1. The summed E-state index contributed by atoms with van der Waals surface area (Å²) in [6.07, 6.45) is -1.69. The van der Waals surface area contributed by atoms with Gasteiger partial charge in [-0.25, -0.2) is 4.79 Å². The Hall–Kier alpha value is -2.12. The molecule has 0 radical (unpaired) electrons. The second kappa shape index (κ2) is 6.88. The first-order chi connectivity index (χ1) is 9.32. The average molecular weight is 282 g/mol. The highest BCUT2D eigenvalue weighted by Crippen LogP contribution is 2.20. The first-order valence-corrected chi connectivity index (χ1v) is 6.02. The number of hydrogen-bond acceptors (Lipinski definition) is 5. The van der Waals surface area contributed by atoms with E-state index in [2.05, 4.69) is 0 Å². The van der Waals surface area contributed by atoms with Crippen LogP contribution in [0.25, 0.3) is 0 Å². The number of nitrogens with two attached hydrogens (primary N) is 1. The highest BCUT2D eigenvalue weighted by Gasteiger charge is 2.19. The third-order valence-corrected chi connectivity index (χ3v) is 2.78. The summed E-state index contributed by atoms with van der Waals surface area (Å²) in [4.78, 5) is 23.5. The van der Waals surface area contributed by atoms with Crippen LogP contribution in [-0.4, -0.2) is 46.5 Å². The van der Waals surface area contributed by atoms with Crippen molar-refractivity contribution in [2.24, 2.45) is 5.73 Å². The Bertz CT molecular complexity index is 489. The van der Waals surface area contributed by atoms with Crippen molar-refractivity contribution in [1.82, 2.24) is 4.90 Å². The number of aliphatic hydroxyl groups excluding tert-OH is 1. The van der Waals surface area contributed by atoms with Crippen molar-refractivity contribution in [3.63, 3.8) is 0 Å². The van der Waals surface area contributed by atoms with Crippen molar-refractivity contribution in [2.75, 3.05) is 7.05 Å². The van der Waals surface area contributed by atoms with Gasteiger partial charge in [0.15, 0.2) is 0 Å². The molecular weight excluding hydrogens is 264 g/mol. The summed E-state index contributed by atoms with van der Waals surface area (Å²) < 4.78 is 5.13. The fourth-order valence-electron chi connectivity index (χ4n) is 1.41. The lowest BCUT2D eigenvalue weighted by molar-refractivity contribution is -0.138. The van der Waals surface area contributed by atoms with Gasteiger partial charge < -0.3 is 20.7 Å². The normalized spacial score (nSPS) is 13.4. The monoisotopic (exact) mass is 282 g/mol. The Kier molecular flexibility index (Phi) is 5.48. The first-order valence-electron chi connectivity index (χ1n) is 6.02. The number of amides is 1. The number of hydrogen-bond donors (Lipinski definition) is 3. The van der Waals surface area contributed by atoms with Crippen LogP contribution in [0, 0.1) is 0 Å². The fraction of sp³-hybridized carbons (Fsp3) is 0.385. The molecule has 0 aliphatic rings. The van der Waals surface area contributed by atoms with E-state index in [1.54, 1.807) is 18.2 Å². The highest BCUT2D eigenvalue weighted by molar-refractivity contribution is 5.74. The van der Waals surface area contributed by atoms with Crippen molar-refractivity contribution in [2.45, 2.75) is 25.6 Å². The summed E-state index contributed by atoms with van der Waals surface area (Å²) in [5.74, 6) is -0.908. The van der Waals surface area contributed by atoms with Gasteiger partial charge in [-0.05, 0) is 18.6 Å². The van der Waals surface area contributed by atoms with E-state index in [1.165, 1.54) is 20.0 Å². The summed E-state index contributed by atoms with van der Waals surface area (Å²) in [5.41, 5.74) is 5.97. The van der Waals surface area contributed by atoms with E-state index < -0.39 is 24.3 Å². The predicted molar refractivity (Wildman–Crippen MR) is 71.2 cm³/mol. The summed E-state index contributed by atoms with van der Waals surface area (Å²) in [6, 6.07) is 5.44. The van der Waals surface area contributed by atoms with E-state index in [-0.39, 0.29) is 12.2 Å². The predicted octanol–water partition coefficient (Wildman–Crippen LogP) is 0.410. The summed E-state index contributed by atoms with van der Waals surface area (Å²) >= 11 is 0. The number of carbonyl (C=O) groups excluding carboxylic acids is 1. The molecule has 0 heterocycles. The molecule has 0 saturated carbocycles. The number of para-hydroxylation sites is 1. The van der Waals surface area contributed by atoms with Gasteiger partial charge >= 0.3 is 12.1 Å². The molecule has 1 rings (SSSR count). The molecule has 1 amide bonds. The molecule has 0 aliphatic heterocycles. The second-order valence-electron chi connectivity index (χ2n) is 4.37. The molecule has 0 saturated heterocycles. The lowest BCUT2D eigenvalue weighted by atomic mass is 10.1. The first kappa shape index (κ1) is 15.9. The van der Waals surface area contributed by atoms with Crippen molar-refractivity contribution in [3.05, 3.63) is 29.8 Å². The molecule has 7 nitrogen and oxygen atoms in total. The van der Waals surface area contributed by atoms with Crippen LogP contribution in [0.5, 0.6) is 5.75 Å². The molecule has 0 bridgehead atoms. The molecule has 1 aromatic carbocycles. The number of rotatable bonds is 5. The summed E-state index contributed by atoms with van der Waals surface area (Å²) in [7, 11) is 1.39. The van der Waals surface area contributed by atoms with Crippen molar-refractivity contribution in [3.8, 4) is 5.75 Å². The fourth-order valence-corrected chi connectivity index (χ4v) is 1.41. The van der Waals surface area contributed by atoms with Crippen molar-refractivity contribution in [1.29, 1.82) is 0 Å². The van der Waals surface area contributed by atoms with E-state index >= 15 is 0 Å². The van der Waals surface area contributed by atoms with Crippen LogP contribution in [0.3, 0.4) is 0 Å². The zero-order valence-electron chi connectivity index (χ0n) is 11.3. The molecule has 0 aliphatic carbocycles. The Morgan fingerprint density at radius 1 is 1.40 bits per heavy atom. The van der Waals surface area contributed by atoms with Gasteiger partial charge in [0.1, 0.15) is 18.0 Å². The van der Waals surface area contributed by atoms with Gasteiger partial charge in [0.05, 0.1) is 0 Å². The number of aliphatic hydroxyl groups is 1. The minimum Gasteiger partial charge on any atom is -0.480 e. The van der Waals surface area contributed by atoms with Crippen LogP contribution in [0.2, 0.25) is 0 Å². The smallest absolute Gasteiger partial charge is 0.417 e. The van der Waals surface area contributed by atoms with Crippen LogP contribution in [-0.2, 0) is 11.2 Å². The van der Waals surface area contributed by atoms with Crippen molar-refractivity contribution >= 4 is 12.1 Å². The van der Waals surface area contributed by atoms with Crippen LogP contribution in [0.4, 0.5) is 4.79 Å². The molecule has 0 spiro atoms. The molecule has 4 N–H and O–H groups in total. The second-order valence-corrected chi connectivity index (χ2v) is 4.37. The topological polar surface area (TPSA) is 113 Å². The molecule has 2 unspecified atom stereocenters. The minimum atomic E-state index is -1.13. The van der Waals surface area contributed by atoms with Crippen LogP contribution in [0.1, 0.15) is 12.5 Å². The zero-order chi connectivity index (χ0) is 15.3. The van der Waals surface area contributed by atoms with Crippen molar-refractivity contribution < 1.29 is 24.5 Å². The van der Waals surface area contributed by atoms with Gasteiger partial charge in [0.2, 0.25) is 0 Å². The molecule has 0 aromatic heterocycles. The Morgan fingerprint density at radius 3 is 2.55 bits per heavy atom. The molecule has 2 atom stereocenters. The van der Waals surface area contributed by atoms with Gasteiger partial charge in [-0.3, -0.25) is 9.69 Å². The molecule has 7 heteroatoms. The number of ether oxygens (including phenoxy) is 1. The van der Waals surface area contributed by atoms with E-state index in [0.29, 0.717) is 5.56 Å². The maximum Gasteiger partial charge on any atom is 0.417 e. The quantitative estimate of drug-likeness (QED) is 0.674. The SMILES string of the molecule is CC(O)N(C)C(=O)Oc1ccccc1CC(N)C(=O)O. The van der Waals surface area contributed by atoms with E-state index in [1.807, 2.05) is 0 Å². The number of benzene rings is 1. The standard InChI is InChI=1S/C13H18N2O5/c1-8(16)15(2)13(19)20-11-6-4-3-5-9(11)7-10(14)12(17)18/h3-6,8,10,16H,7,14H2,1-2H3,(H,17,18). The Labute approximate surface area is 116 Å². The minimum absolute atomic E-state index is 0.0389. The lowest BCUT2D eigenvalue weighted by Crippen LogP contribution is -2.37. The number of aliphatic carboxylic acids is 1. The molecule has 1 aromatic rings. The van der Waals surface area contributed by atoms with E-state index in [9.17, 15) is 14.7 Å². The van der Waals surface area contributed by atoms with Gasteiger partial charge in [0.25, 0.3) is 0 Å². The Balaban J connectivity index is 2.85. The van der Waals surface area contributed by atoms with Crippen LogP contribution >= 0.6 is 0 Å². The molecule has 0 fully saturated rings. The summed E-state index contributed by atoms with van der Waals surface area (Å²) in [5, 5.41) is 18.1. The molecule has 20 heavy (non-hydrogen) atoms. The largest absolute Gasteiger partial charge is 0.480 e. The average Bonchev–Trinajstić information content (AvgIpc) is 2.39. The van der Waals surface area contributed by atoms with E-state index in [4.69, 9.17) is 15.6 Å². The van der Waals surface area contributed by atoms with Crippen LogP contribution in [0.15, 0.2) is 24.3 Å². The third-order valence-electron chi connectivity index (χ3n) is 2.78. The Morgan fingerprint density at radius 2 is 2.00 bits per heavy atom. The molecule has 110 valence electrons. The van der Waals surface area contributed by atoms with Gasteiger partial charge in [-0.15, -0.1) is 0 Å². The van der Waals surface area contributed by atoms with Gasteiger partial charge in [-0.2, -0.15) is 0 Å². The summed E-state index contributed by atoms with van der Waals surface area (Å²) in [6.45, 7) is 1.42. The highest BCUT2D eigenvalue weighted by atomic mass is 16.6. The number of carboxylic acid groups (broad SMARTS) is 1. The maximum atomic E-state index is 11.7. The third kappa shape index (κ3) is 4.22. The number of carboxylic acids is 1. The molecular formula is C13H18N2O5. The maximum absolute atomic E-state index is 11.7.